The third kappa shape index (κ3) is 2.63. The number of benzene rings is 1. The summed E-state index contributed by atoms with van der Waals surface area (Å²) in [6, 6.07) is 6.29. The molecule has 0 bridgehead atoms. The Morgan fingerprint density at radius 2 is 2.26 bits per heavy atom. The second kappa shape index (κ2) is 5.19. The Morgan fingerprint density at radius 1 is 1.53 bits per heavy atom. The molecule has 100 valence electrons. The van der Waals surface area contributed by atoms with Crippen molar-refractivity contribution in [1.82, 2.24) is 9.97 Å². The molecule has 1 aromatic heterocycles. The Bertz CT molecular complexity index is 606. The average molecular weight is 260 g/mol. The van der Waals surface area contributed by atoms with Gasteiger partial charge in [0.25, 0.3) is 5.69 Å². The van der Waals surface area contributed by atoms with Gasteiger partial charge in [0.2, 0.25) is 0 Å². The SMILES string of the molecule is CCC(N)c1nc(-c2cccc([N+](=O)[O-])c2)c(C)[nH]1. The van der Waals surface area contributed by atoms with Gasteiger partial charge in [-0.1, -0.05) is 19.1 Å². The lowest BCUT2D eigenvalue weighted by molar-refractivity contribution is -0.384. The molecule has 0 saturated heterocycles. The molecule has 6 heteroatoms. The number of non-ortho nitro benzene ring substituents is 1. The summed E-state index contributed by atoms with van der Waals surface area (Å²) < 4.78 is 0. The lowest BCUT2D eigenvalue weighted by Crippen LogP contribution is -2.10. The van der Waals surface area contributed by atoms with Crippen LogP contribution in [0.15, 0.2) is 24.3 Å². The van der Waals surface area contributed by atoms with E-state index in [1.807, 2.05) is 13.8 Å². The molecule has 0 saturated carbocycles. The number of nitrogens with zero attached hydrogens (tertiary/aromatic N) is 2. The maximum absolute atomic E-state index is 10.8. The van der Waals surface area contributed by atoms with Crippen molar-refractivity contribution in [3.8, 4) is 11.3 Å². The summed E-state index contributed by atoms with van der Waals surface area (Å²) in [6.07, 6.45) is 0.779. The summed E-state index contributed by atoms with van der Waals surface area (Å²) in [5.74, 6) is 0.710. The first-order valence-corrected chi connectivity index (χ1v) is 6.09. The van der Waals surface area contributed by atoms with Gasteiger partial charge >= 0.3 is 0 Å². The van der Waals surface area contributed by atoms with E-state index in [1.165, 1.54) is 12.1 Å². The summed E-state index contributed by atoms with van der Waals surface area (Å²) in [5.41, 5.74) is 8.28. The van der Waals surface area contributed by atoms with Gasteiger partial charge in [0.05, 0.1) is 16.7 Å². The number of nitro groups is 1. The third-order valence-corrected chi connectivity index (χ3v) is 3.02. The van der Waals surface area contributed by atoms with Crippen LogP contribution in [0.4, 0.5) is 5.69 Å². The molecular formula is C13H16N4O2. The molecule has 2 aromatic rings. The summed E-state index contributed by atoms with van der Waals surface area (Å²) in [4.78, 5) is 18.0. The van der Waals surface area contributed by atoms with E-state index >= 15 is 0 Å². The van der Waals surface area contributed by atoms with Crippen molar-refractivity contribution < 1.29 is 4.92 Å². The van der Waals surface area contributed by atoms with Crippen molar-refractivity contribution in [2.24, 2.45) is 5.73 Å². The molecule has 0 amide bonds. The van der Waals surface area contributed by atoms with E-state index in [1.54, 1.807) is 12.1 Å². The number of rotatable bonds is 4. The first kappa shape index (κ1) is 13.2. The number of nitrogens with two attached hydrogens (primary N) is 1. The minimum absolute atomic E-state index is 0.0567. The van der Waals surface area contributed by atoms with E-state index in [2.05, 4.69) is 9.97 Å². The topological polar surface area (TPSA) is 97.8 Å². The Morgan fingerprint density at radius 3 is 2.89 bits per heavy atom. The second-order valence-electron chi connectivity index (χ2n) is 4.42. The molecule has 2 rings (SSSR count). The van der Waals surface area contributed by atoms with Crippen LogP contribution in [-0.4, -0.2) is 14.9 Å². The number of hydrogen-bond donors (Lipinski definition) is 2. The maximum atomic E-state index is 10.8. The third-order valence-electron chi connectivity index (χ3n) is 3.02. The molecule has 0 aliphatic carbocycles. The van der Waals surface area contributed by atoms with Gasteiger partial charge in [-0.05, 0) is 13.3 Å². The van der Waals surface area contributed by atoms with Crippen LogP contribution in [0.3, 0.4) is 0 Å². The van der Waals surface area contributed by atoms with Crippen molar-refractivity contribution in [3.63, 3.8) is 0 Å². The Balaban J connectivity index is 2.44. The van der Waals surface area contributed by atoms with E-state index in [0.29, 0.717) is 11.5 Å². The van der Waals surface area contributed by atoms with E-state index in [-0.39, 0.29) is 11.7 Å². The van der Waals surface area contributed by atoms with Crippen LogP contribution in [0, 0.1) is 17.0 Å². The number of H-pyrrole nitrogens is 1. The fourth-order valence-corrected chi connectivity index (χ4v) is 1.90. The molecule has 0 aliphatic rings. The van der Waals surface area contributed by atoms with Crippen LogP contribution in [0.5, 0.6) is 0 Å². The molecule has 0 fully saturated rings. The van der Waals surface area contributed by atoms with Gasteiger partial charge in [0.1, 0.15) is 5.82 Å². The molecule has 1 aromatic carbocycles. The molecule has 19 heavy (non-hydrogen) atoms. The highest BCUT2D eigenvalue weighted by atomic mass is 16.6. The van der Waals surface area contributed by atoms with Crippen LogP contribution in [0.1, 0.15) is 30.9 Å². The first-order valence-electron chi connectivity index (χ1n) is 6.09. The first-order chi connectivity index (χ1) is 9.02. The Kier molecular flexibility index (Phi) is 3.62. The minimum atomic E-state index is -0.413. The van der Waals surface area contributed by atoms with Gasteiger partial charge < -0.3 is 10.7 Å². The molecule has 1 heterocycles. The van der Waals surface area contributed by atoms with Crippen LogP contribution in [0.25, 0.3) is 11.3 Å². The molecule has 1 atom stereocenters. The summed E-state index contributed by atoms with van der Waals surface area (Å²) >= 11 is 0. The number of aryl methyl sites for hydroxylation is 1. The molecule has 3 N–H and O–H groups in total. The van der Waals surface area contributed by atoms with Gasteiger partial charge in [-0.25, -0.2) is 4.98 Å². The van der Waals surface area contributed by atoms with E-state index in [0.717, 1.165) is 17.7 Å². The monoisotopic (exact) mass is 260 g/mol. The summed E-state index contributed by atoms with van der Waals surface area (Å²) in [6.45, 7) is 3.86. The van der Waals surface area contributed by atoms with Crippen LogP contribution in [-0.2, 0) is 0 Å². The zero-order chi connectivity index (χ0) is 14.0. The van der Waals surface area contributed by atoms with Crippen molar-refractivity contribution in [2.45, 2.75) is 26.3 Å². The van der Waals surface area contributed by atoms with E-state index in [4.69, 9.17) is 5.73 Å². The van der Waals surface area contributed by atoms with E-state index in [9.17, 15) is 10.1 Å². The van der Waals surface area contributed by atoms with Crippen LogP contribution >= 0.6 is 0 Å². The highest BCUT2D eigenvalue weighted by Crippen LogP contribution is 2.26. The number of imidazole rings is 1. The van der Waals surface area contributed by atoms with Crippen molar-refractivity contribution in [2.75, 3.05) is 0 Å². The van der Waals surface area contributed by atoms with Crippen LogP contribution < -0.4 is 5.73 Å². The Hall–Kier alpha value is -2.21. The van der Waals surface area contributed by atoms with Gasteiger partial charge in [-0.2, -0.15) is 0 Å². The Labute approximate surface area is 110 Å². The number of aromatic nitrogens is 2. The smallest absolute Gasteiger partial charge is 0.270 e. The standard InChI is InChI=1S/C13H16N4O2/c1-3-11(14)13-15-8(2)12(16-13)9-5-4-6-10(7-9)17(18)19/h4-7,11H,3,14H2,1-2H3,(H,15,16). The molecule has 0 spiro atoms. The molecule has 0 aliphatic heterocycles. The predicted octanol–water partition coefficient (Wildman–Crippen LogP) is 2.70. The lowest BCUT2D eigenvalue weighted by Gasteiger charge is -2.02. The van der Waals surface area contributed by atoms with Gasteiger partial charge in [0.15, 0.2) is 0 Å². The molecule has 6 nitrogen and oxygen atoms in total. The number of nitro benzene ring substituents is 1. The fraction of sp³-hybridized carbons (Fsp3) is 0.308. The lowest BCUT2D eigenvalue weighted by atomic mass is 10.1. The fourth-order valence-electron chi connectivity index (χ4n) is 1.90. The van der Waals surface area contributed by atoms with Crippen LogP contribution in [0.2, 0.25) is 0 Å². The largest absolute Gasteiger partial charge is 0.344 e. The number of nitrogens with one attached hydrogen (secondary N) is 1. The molecular weight excluding hydrogens is 244 g/mol. The maximum Gasteiger partial charge on any atom is 0.270 e. The zero-order valence-electron chi connectivity index (χ0n) is 10.9. The second-order valence-corrected chi connectivity index (χ2v) is 4.42. The van der Waals surface area contributed by atoms with Crippen molar-refractivity contribution in [1.29, 1.82) is 0 Å². The van der Waals surface area contributed by atoms with Gasteiger partial charge in [-0.15, -0.1) is 0 Å². The zero-order valence-corrected chi connectivity index (χ0v) is 10.9. The average Bonchev–Trinajstić information content (AvgIpc) is 2.80. The summed E-state index contributed by atoms with van der Waals surface area (Å²) in [5, 5.41) is 10.8. The minimum Gasteiger partial charge on any atom is -0.344 e. The number of hydrogen-bond acceptors (Lipinski definition) is 4. The van der Waals surface area contributed by atoms with Crippen molar-refractivity contribution >= 4 is 5.69 Å². The number of aromatic amines is 1. The van der Waals surface area contributed by atoms with Gasteiger partial charge in [0, 0.05) is 23.4 Å². The summed E-state index contributed by atoms with van der Waals surface area (Å²) in [7, 11) is 0. The van der Waals surface area contributed by atoms with Crippen molar-refractivity contribution in [3.05, 3.63) is 45.9 Å². The van der Waals surface area contributed by atoms with E-state index < -0.39 is 4.92 Å². The molecule has 1 unspecified atom stereocenters. The highest BCUT2D eigenvalue weighted by Gasteiger charge is 2.15. The molecule has 0 radical (unpaired) electrons. The predicted molar refractivity (Wildman–Crippen MR) is 72.6 cm³/mol. The van der Waals surface area contributed by atoms with Gasteiger partial charge in [-0.3, -0.25) is 10.1 Å². The highest BCUT2D eigenvalue weighted by molar-refractivity contribution is 5.64. The normalized spacial score (nSPS) is 12.4. The quantitative estimate of drug-likeness (QED) is 0.652.